The van der Waals surface area contributed by atoms with Crippen LogP contribution in [0.25, 0.3) is 0 Å². The van der Waals surface area contributed by atoms with Gasteiger partial charge >= 0.3 is 0 Å². The van der Waals surface area contributed by atoms with Crippen molar-refractivity contribution in [3.8, 4) is 17.2 Å². The molecular weight excluding hydrogens is 402 g/mol. The van der Waals surface area contributed by atoms with Crippen LogP contribution < -0.4 is 14.2 Å². The second kappa shape index (κ2) is 8.98. The third kappa shape index (κ3) is 4.10. The van der Waals surface area contributed by atoms with Gasteiger partial charge in [-0.15, -0.1) is 0 Å². The Labute approximate surface area is 180 Å². The van der Waals surface area contributed by atoms with Gasteiger partial charge in [0.1, 0.15) is 17.4 Å². The number of rotatable bonds is 6. The zero-order chi connectivity index (χ0) is 22.0. The summed E-state index contributed by atoms with van der Waals surface area (Å²) in [5.41, 5.74) is 2.42. The van der Waals surface area contributed by atoms with Crippen LogP contribution in [0, 0.1) is 11.6 Å². The van der Waals surface area contributed by atoms with Crippen LogP contribution >= 0.6 is 0 Å². The predicted octanol–water partition coefficient (Wildman–Crippen LogP) is 4.79. The van der Waals surface area contributed by atoms with E-state index < -0.39 is 11.6 Å². The molecule has 1 aliphatic rings. The number of benzene rings is 2. The van der Waals surface area contributed by atoms with E-state index in [0.717, 1.165) is 36.8 Å². The zero-order valence-corrected chi connectivity index (χ0v) is 17.9. The minimum Gasteiger partial charge on any atom is -0.496 e. The monoisotopic (exact) mass is 428 g/mol. The van der Waals surface area contributed by atoms with Gasteiger partial charge in [-0.2, -0.15) is 0 Å². The Morgan fingerprint density at radius 3 is 2.35 bits per heavy atom. The van der Waals surface area contributed by atoms with E-state index in [-0.39, 0.29) is 6.04 Å². The molecule has 3 aromatic rings. The molecule has 0 fully saturated rings. The maximum absolute atomic E-state index is 14.5. The van der Waals surface area contributed by atoms with E-state index in [9.17, 15) is 8.78 Å². The molecular formula is C24H26F2N2O3. The van der Waals surface area contributed by atoms with Crippen LogP contribution in [0.15, 0.2) is 48.7 Å². The first kappa shape index (κ1) is 21.2. The number of fused-ring (bicyclic) bond motifs is 1. The van der Waals surface area contributed by atoms with Crippen molar-refractivity contribution in [2.45, 2.75) is 25.6 Å². The normalized spacial score (nSPS) is 16.5. The van der Waals surface area contributed by atoms with Crippen molar-refractivity contribution in [1.29, 1.82) is 0 Å². The summed E-state index contributed by atoms with van der Waals surface area (Å²) in [5.74, 6) is 0.695. The highest BCUT2D eigenvalue weighted by Gasteiger charge is 2.31. The summed E-state index contributed by atoms with van der Waals surface area (Å²) in [4.78, 5) is 2.19. The summed E-state index contributed by atoms with van der Waals surface area (Å²) in [6, 6.07) is 11.3. The Morgan fingerprint density at radius 1 is 0.903 bits per heavy atom. The van der Waals surface area contributed by atoms with Gasteiger partial charge in [-0.25, -0.2) is 8.78 Å². The molecule has 4 rings (SSSR count). The van der Waals surface area contributed by atoms with Gasteiger partial charge < -0.3 is 18.8 Å². The fourth-order valence-corrected chi connectivity index (χ4v) is 4.30. The molecule has 1 atom stereocenters. The van der Waals surface area contributed by atoms with Crippen LogP contribution in [0.4, 0.5) is 8.78 Å². The van der Waals surface area contributed by atoms with Crippen molar-refractivity contribution in [3.05, 3.63) is 77.1 Å². The molecule has 0 N–H and O–H groups in total. The second-order valence-corrected chi connectivity index (χ2v) is 7.54. The Hall–Kier alpha value is -3.06. The molecule has 5 nitrogen and oxygen atoms in total. The molecule has 164 valence electrons. The van der Waals surface area contributed by atoms with Gasteiger partial charge in [0.15, 0.2) is 11.5 Å². The topological polar surface area (TPSA) is 35.9 Å². The number of methoxy groups -OCH3 is 3. The van der Waals surface area contributed by atoms with Gasteiger partial charge in [-0.1, -0.05) is 6.07 Å². The first-order valence-electron chi connectivity index (χ1n) is 10.2. The number of nitrogens with zero attached hydrogens (tertiary/aromatic N) is 2. The Bertz CT molecular complexity index is 1070. The van der Waals surface area contributed by atoms with Gasteiger partial charge in [0, 0.05) is 54.8 Å². The van der Waals surface area contributed by atoms with Crippen LogP contribution in [0.2, 0.25) is 0 Å². The van der Waals surface area contributed by atoms with E-state index in [4.69, 9.17) is 14.2 Å². The highest BCUT2D eigenvalue weighted by Crippen LogP contribution is 2.43. The molecule has 0 spiro atoms. The molecule has 2 heterocycles. The number of hydrogen-bond donors (Lipinski definition) is 0. The second-order valence-electron chi connectivity index (χ2n) is 7.54. The van der Waals surface area contributed by atoms with E-state index in [1.165, 1.54) is 12.1 Å². The Kier molecular flexibility index (Phi) is 6.13. The van der Waals surface area contributed by atoms with E-state index in [2.05, 4.69) is 21.7 Å². The smallest absolute Gasteiger partial charge is 0.164 e. The number of aromatic nitrogens is 1. The van der Waals surface area contributed by atoms with Gasteiger partial charge in [0.2, 0.25) is 0 Å². The molecule has 31 heavy (non-hydrogen) atoms. The van der Waals surface area contributed by atoms with Crippen LogP contribution in [0.1, 0.15) is 29.3 Å². The maximum atomic E-state index is 14.5. The number of hydrogen-bond acceptors (Lipinski definition) is 4. The van der Waals surface area contributed by atoms with E-state index in [0.29, 0.717) is 29.4 Å². The molecule has 0 saturated heterocycles. The first-order chi connectivity index (χ1) is 15.0. The van der Waals surface area contributed by atoms with Gasteiger partial charge in [-0.3, -0.25) is 4.90 Å². The van der Waals surface area contributed by atoms with Crippen LogP contribution in [0.5, 0.6) is 17.2 Å². The van der Waals surface area contributed by atoms with Crippen molar-refractivity contribution in [3.63, 3.8) is 0 Å². The summed E-state index contributed by atoms with van der Waals surface area (Å²) in [5, 5.41) is 0. The molecule has 7 heteroatoms. The molecule has 0 saturated carbocycles. The number of halogens is 2. The van der Waals surface area contributed by atoms with Crippen LogP contribution in [-0.4, -0.2) is 37.3 Å². The largest absolute Gasteiger partial charge is 0.496 e. The fraction of sp³-hybridized carbons (Fsp3) is 0.333. The summed E-state index contributed by atoms with van der Waals surface area (Å²) < 4.78 is 46.9. The lowest BCUT2D eigenvalue weighted by Crippen LogP contribution is -2.30. The average molecular weight is 428 g/mol. The summed E-state index contributed by atoms with van der Waals surface area (Å²) in [7, 11) is 4.79. The Morgan fingerprint density at radius 2 is 1.65 bits per heavy atom. The third-order valence-electron chi connectivity index (χ3n) is 5.77. The maximum Gasteiger partial charge on any atom is 0.164 e. The van der Waals surface area contributed by atoms with Gasteiger partial charge in [0.25, 0.3) is 0 Å². The predicted molar refractivity (Wildman–Crippen MR) is 114 cm³/mol. The minimum atomic E-state index is -0.580. The zero-order valence-electron chi connectivity index (χ0n) is 17.9. The Balaban J connectivity index is 1.84. The van der Waals surface area contributed by atoms with Crippen molar-refractivity contribution in [2.75, 3.05) is 27.9 Å². The first-order valence-corrected chi connectivity index (χ1v) is 10.2. The van der Waals surface area contributed by atoms with Crippen molar-refractivity contribution >= 4 is 0 Å². The number of ether oxygens (including phenoxy) is 3. The van der Waals surface area contributed by atoms with Gasteiger partial charge in [-0.05, 0) is 30.7 Å². The summed E-state index contributed by atoms with van der Waals surface area (Å²) >= 11 is 0. The SMILES string of the molecule is COc1cc(OC)c(C2c3cccn3CCCN2Cc2ccc(F)cc2F)cc1OC. The standard InChI is InChI=1S/C24H26F2N2O3/c1-29-21-14-23(31-3)22(30-2)13-18(21)24-20-6-4-9-27(20)10-5-11-28(24)15-16-7-8-17(25)12-19(16)26/h4,6-9,12-14,24H,5,10-11,15H2,1-3H3. The van der Waals surface area contributed by atoms with Gasteiger partial charge in [0.05, 0.1) is 27.4 Å². The lowest BCUT2D eigenvalue weighted by Gasteiger charge is -2.32. The van der Waals surface area contributed by atoms with Crippen molar-refractivity contribution < 1.29 is 23.0 Å². The molecule has 0 amide bonds. The highest BCUT2D eigenvalue weighted by atomic mass is 19.1. The average Bonchev–Trinajstić information content (AvgIpc) is 3.16. The van der Waals surface area contributed by atoms with Crippen LogP contribution in [-0.2, 0) is 13.1 Å². The lowest BCUT2D eigenvalue weighted by molar-refractivity contribution is 0.212. The van der Waals surface area contributed by atoms with Crippen molar-refractivity contribution in [1.82, 2.24) is 9.47 Å². The number of aryl methyl sites for hydroxylation is 1. The summed E-state index contributed by atoms with van der Waals surface area (Å²) in [6.07, 6.45) is 2.95. The molecule has 1 aliphatic heterocycles. The van der Waals surface area contributed by atoms with E-state index >= 15 is 0 Å². The van der Waals surface area contributed by atoms with E-state index in [1.807, 2.05) is 18.2 Å². The molecule has 1 aromatic heterocycles. The molecule has 0 aliphatic carbocycles. The minimum absolute atomic E-state index is 0.211. The highest BCUT2D eigenvalue weighted by molar-refractivity contribution is 5.53. The molecule has 2 aromatic carbocycles. The van der Waals surface area contributed by atoms with Crippen molar-refractivity contribution in [2.24, 2.45) is 0 Å². The van der Waals surface area contributed by atoms with E-state index in [1.54, 1.807) is 21.3 Å². The molecule has 0 bridgehead atoms. The third-order valence-corrected chi connectivity index (χ3v) is 5.77. The lowest BCUT2D eigenvalue weighted by atomic mass is 9.99. The molecule has 1 unspecified atom stereocenters. The summed E-state index contributed by atoms with van der Waals surface area (Å²) in [6.45, 7) is 1.93. The quantitative estimate of drug-likeness (QED) is 0.566. The fourth-order valence-electron chi connectivity index (χ4n) is 4.30. The molecule has 0 radical (unpaired) electrons. The van der Waals surface area contributed by atoms with Crippen LogP contribution in [0.3, 0.4) is 0 Å².